The molecule has 1 heterocycles. The summed E-state index contributed by atoms with van der Waals surface area (Å²) >= 11 is 1.77. The van der Waals surface area contributed by atoms with Crippen molar-refractivity contribution in [1.29, 1.82) is 0 Å². The fourth-order valence-corrected chi connectivity index (χ4v) is 1.85. The summed E-state index contributed by atoms with van der Waals surface area (Å²) in [5.74, 6) is 6.83. The molecule has 1 N–H and O–H groups in total. The van der Waals surface area contributed by atoms with Crippen LogP contribution in [0.3, 0.4) is 0 Å². The molecule has 0 aromatic rings. The Morgan fingerprint density at radius 2 is 2.54 bits per heavy atom. The van der Waals surface area contributed by atoms with Gasteiger partial charge in [0.05, 0.1) is 0 Å². The summed E-state index contributed by atoms with van der Waals surface area (Å²) in [6, 6.07) is 0. The predicted octanol–water partition coefficient (Wildman–Crippen LogP) is 0.987. The molecule has 0 amide bonds. The summed E-state index contributed by atoms with van der Waals surface area (Å²) in [5, 5.41) is 8.39. The van der Waals surface area contributed by atoms with Crippen LogP contribution < -0.4 is 0 Å². The Hall–Kier alpha value is -0.660. The van der Waals surface area contributed by atoms with Gasteiger partial charge in [0.25, 0.3) is 0 Å². The van der Waals surface area contributed by atoms with E-state index in [1.165, 1.54) is 0 Å². The molecule has 0 fully saturated rings. The first-order chi connectivity index (χ1) is 6.29. The molecule has 0 saturated carbocycles. The zero-order valence-corrected chi connectivity index (χ0v) is 8.10. The Morgan fingerprint density at radius 3 is 3.31 bits per heavy atom. The van der Waals surface area contributed by atoms with Crippen molar-refractivity contribution in [2.45, 2.75) is 18.9 Å². The van der Waals surface area contributed by atoms with Gasteiger partial charge in [0.15, 0.2) is 0 Å². The zero-order chi connectivity index (χ0) is 9.52. The third kappa shape index (κ3) is 4.81. The lowest BCUT2D eigenvalue weighted by molar-refractivity contribution is -0.142. The van der Waals surface area contributed by atoms with Crippen LogP contribution in [0.15, 0.2) is 0 Å². The third-order valence-electron chi connectivity index (χ3n) is 1.53. The molecule has 0 aliphatic carbocycles. The standard InChI is InChI=1S/C9H12O3S/c10-9(11)6-12-8-4-2-1-3-5-13-7-8/h8H,1,3,5-7H2,(H,10,11). The lowest BCUT2D eigenvalue weighted by Crippen LogP contribution is -2.19. The van der Waals surface area contributed by atoms with E-state index in [1.54, 1.807) is 11.8 Å². The van der Waals surface area contributed by atoms with E-state index in [0.29, 0.717) is 0 Å². The Morgan fingerprint density at radius 1 is 1.69 bits per heavy atom. The highest BCUT2D eigenvalue weighted by Crippen LogP contribution is 2.10. The first kappa shape index (κ1) is 10.4. The van der Waals surface area contributed by atoms with Gasteiger partial charge in [-0.1, -0.05) is 5.92 Å². The van der Waals surface area contributed by atoms with Gasteiger partial charge in [0.1, 0.15) is 12.7 Å². The predicted molar refractivity (Wildman–Crippen MR) is 51.7 cm³/mol. The first-order valence-electron chi connectivity index (χ1n) is 4.18. The van der Waals surface area contributed by atoms with Crippen LogP contribution in [0.25, 0.3) is 0 Å². The van der Waals surface area contributed by atoms with Crippen molar-refractivity contribution >= 4 is 17.7 Å². The van der Waals surface area contributed by atoms with Crippen LogP contribution in [0.4, 0.5) is 0 Å². The number of rotatable bonds is 3. The topological polar surface area (TPSA) is 46.5 Å². The average Bonchev–Trinajstić information content (AvgIpc) is 2.01. The quantitative estimate of drug-likeness (QED) is 0.690. The van der Waals surface area contributed by atoms with Gasteiger partial charge in [-0.15, -0.1) is 5.92 Å². The van der Waals surface area contributed by atoms with Gasteiger partial charge < -0.3 is 9.84 Å². The normalized spacial score (nSPS) is 22.3. The molecule has 0 radical (unpaired) electrons. The van der Waals surface area contributed by atoms with Crippen LogP contribution in [0.5, 0.6) is 0 Å². The van der Waals surface area contributed by atoms with Gasteiger partial charge in [-0.05, 0) is 12.2 Å². The lowest BCUT2D eigenvalue weighted by Gasteiger charge is -2.11. The molecule has 72 valence electrons. The second kappa shape index (κ2) is 5.90. The maximum absolute atomic E-state index is 10.2. The number of carbonyl (C=O) groups is 1. The first-order valence-corrected chi connectivity index (χ1v) is 5.34. The van der Waals surface area contributed by atoms with Gasteiger partial charge in [-0.2, -0.15) is 11.8 Å². The van der Waals surface area contributed by atoms with E-state index in [4.69, 9.17) is 9.84 Å². The molecule has 1 atom stereocenters. The summed E-state index contributed by atoms with van der Waals surface area (Å²) in [7, 11) is 0. The second-order valence-corrected chi connectivity index (χ2v) is 3.84. The fraction of sp³-hybridized carbons (Fsp3) is 0.667. The highest BCUT2D eigenvalue weighted by atomic mass is 32.2. The van der Waals surface area contributed by atoms with Gasteiger partial charge in [-0.25, -0.2) is 4.79 Å². The summed E-state index contributed by atoms with van der Waals surface area (Å²) in [5.41, 5.74) is 0. The van der Waals surface area contributed by atoms with E-state index in [1.807, 2.05) is 0 Å². The molecule has 0 saturated heterocycles. The SMILES string of the molecule is O=C(O)COC1C#CCCCSC1. The van der Waals surface area contributed by atoms with Crippen LogP contribution in [-0.4, -0.2) is 35.3 Å². The van der Waals surface area contributed by atoms with Crippen LogP contribution in [-0.2, 0) is 9.53 Å². The smallest absolute Gasteiger partial charge is 0.329 e. The number of thioether (sulfide) groups is 1. The molecule has 0 bridgehead atoms. The number of carboxylic acids is 1. The van der Waals surface area contributed by atoms with Crippen molar-refractivity contribution < 1.29 is 14.6 Å². The van der Waals surface area contributed by atoms with Crippen LogP contribution in [0.1, 0.15) is 12.8 Å². The third-order valence-corrected chi connectivity index (χ3v) is 2.65. The molecule has 0 spiro atoms. The molecule has 4 heteroatoms. The van der Waals surface area contributed by atoms with Gasteiger partial charge >= 0.3 is 5.97 Å². The Labute approximate surface area is 81.8 Å². The van der Waals surface area contributed by atoms with Crippen molar-refractivity contribution in [3.63, 3.8) is 0 Å². The molecule has 1 rings (SSSR count). The highest BCUT2D eigenvalue weighted by molar-refractivity contribution is 7.99. The lowest BCUT2D eigenvalue weighted by atomic mass is 10.3. The summed E-state index contributed by atoms with van der Waals surface area (Å²) in [6.07, 6.45) is 1.80. The Balaban J connectivity index is 2.32. The molecule has 0 aromatic carbocycles. The molecular formula is C9H12O3S. The van der Waals surface area contributed by atoms with E-state index >= 15 is 0 Å². The zero-order valence-electron chi connectivity index (χ0n) is 7.28. The van der Waals surface area contributed by atoms with Gasteiger partial charge in [0.2, 0.25) is 0 Å². The highest BCUT2D eigenvalue weighted by Gasteiger charge is 2.09. The number of hydrogen-bond donors (Lipinski definition) is 1. The molecular weight excluding hydrogens is 188 g/mol. The maximum atomic E-state index is 10.2. The fourth-order valence-electron chi connectivity index (χ4n) is 0.942. The number of ether oxygens (including phenoxy) is 1. The Bertz CT molecular complexity index is 229. The minimum Gasteiger partial charge on any atom is -0.480 e. The minimum absolute atomic E-state index is 0.207. The molecule has 1 aliphatic rings. The van der Waals surface area contributed by atoms with Crippen LogP contribution in [0.2, 0.25) is 0 Å². The van der Waals surface area contributed by atoms with E-state index in [2.05, 4.69) is 11.8 Å². The number of carboxylic acid groups (broad SMARTS) is 1. The second-order valence-electron chi connectivity index (χ2n) is 2.69. The molecule has 1 aliphatic heterocycles. The largest absolute Gasteiger partial charge is 0.480 e. The van der Waals surface area contributed by atoms with Gasteiger partial charge in [-0.3, -0.25) is 0 Å². The summed E-state index contributed by atoms with van der Waals surface area (Å²) in [4.78, 5) is 10.2. The summed E-state index contributed by atoms with van der Waals surface area (Å²) in [6.45, 7) is -0.250. The molecule has 1 unspecified atom stereocenters. The van der Waals surface area contributed by atoms with Crippen LogP contribution in [0, 0.1) is 11.8 Å². The van der Waals surface area contributed by atoms with Crippen molar-refractivity contribution in [3.05, 3.63) is 0 Å². The van der Waals surface area contributed by atoms with E-state index in [-0.39, 0.29) is 12.7 Å². The van der Waals surface area contributed by atoms with Crippen molar-refractivity contribution in [2.75, 3.05) is 18.1 Å². The Kier molecular flexibility index (Phi) is 4.73. The molecule has 0 aromatic heterocycles. The van der Waals surface area contributed by atoms with E-state index in [9.17, 15) is 4.79 Å². The van der Waals surface area contributed by atoms with Crippen molar-refractivity contribution in [1.82, 2.24) is 0 Å². The van der Waals surface area contributed by atoms with Gasteiger partial charge in [0, 0.05) is 12.2 Å². The van der Waals surface area contributed by atoms with Crippen molar-refractivity contribution in [3.8, 4) is 11.8 Å². The molecule has 3 nitrogen and oxygen atoms in total. The van der Waals surface area contributed by atoms with E-state index in [0.717, 1.165) is 24.3 Å². The number of aliphatic carboxylic acids is 1. The van der Waals surface area contributed by atoms with Crippen molar-refractivity contribution in [2.24, 2.45) is 0 Å². The van der Waals surface area contributed by atoms with Crippen LogP contribution >= 0.6 is 11.8 Å². The molecule has 13 heavy (non-hydrogen) atoms. The maximum Gasteiger partial charge on any atom is 0.329 e. The van der Waals surface area contributed by atoms with E-state index < -0.39 is 5.97 Å². The average molecular weight is 200 g/mol. The summed E-state index contributed by atoms with van der Waals surface area (Å²) < 4.78 is 5.09. The minimum atomic E-state index is -0.936. The monoisotopic (exact) mass is 200 g/mol. The number of hydrogen-bond acceptors (Lipinski definition) is 3.